The number of sulfonamides is 1. The predicted octanol–water partition coefficient (Wildman–Crippen LogP) is 2.16. The Labute approximate surface area is 128 Å². The number of nitrogens with zero attached hydrogens (tertiary/aromatic N) is 1. The zero-order valence-electron chi connectivity index (χ0n) is 12.2. The van der Waals surface area contributed by atoms with Crippen LogP contribution in [-0.2, 0) is 16.4 Å². The summed E-state index contributed by atoms with van der Waals surface area (Å²) < 4.78 is 63.6. The zero-order chi connectivity index (χ0) is 16.4. The maximum atomic E-state index is 12.6. The number of rotatable bonds is 5. The topological polar surface area (TPSA) is 49.4 Å². The van der Waals surface area contributed by atoms with Crippen LogP contribution in [0.3, 0.4) is 0 Å². The molecule has 8 heteroatoms. The molecule has 0 saturated carbocycles. The smallest absolute Gasteiger partial charge is 0.318 e. The molecular formula is C14H19F3N2O2S. The molecule has 0 aliphatic carbocycles. The van der Waals surface area contributed by atoms with E-state index in [4.69, 9.17) is 0 Å². The summed E-state index contributed by atoms with van der Waals surface area (Å²) in [4.78, 5) is 0.0430. The Bertz CT molecular complexity index is 600. The van der Waals surface area contributed by atoms with Gasteiger partial charge < -0.3 is 5.32 Å². The van der Waals surface area contributed by atoms with Crippen molar-refractivity contribution in [3.05, 3.63) is 29.8 Å². The van der Waals surface area contributed by atoms with E-state index in [0.717, 1.165) is 12.8 Å². The number of hydrogen-bond acceptors (Lipinski definition) is 3. The van der Waals surface area contributed by atoms with Crippen molar-refractivity contribution in [2.24, 2.45) is 0 Å². The summed E-state index contributed by atoms with van der Waals surface area (Å²) >= 11 is 0. The maximum absolute atomic E-state index is 12.6. The van der Waals surface area contributed by atoms with Crippen LogP contribution in [0.2, 0.25) is 0 Å². The molecule has 2 rings (SSSR count). The van der Waals surface area contributed by atoms with E-state index in [-0.39, 0.29) is 16.5 Å². The molecule has 1 aliphatic heterocycles. The van der Waals surface area contributed by atoms with Crippen LogP contribution < -0.4 is 5.32 Å². The van der Waals surface area contributed by atoms with Gasteiger partial charge in [-0.05, 0) is 37.6 Å². The predicted molar refractivity (Wildman–Crippen MR) is 77.0 cm³/mol. The van der Waals surface area contributed by atoms with E-state index in [1.807, 2.05) is 0 Å². The van der Waals surface area contributed by atoms with Gasteiger partial charge in [-0.3, -0.25) is 0 Å². The third kappa shape index (κ3) is 3.99. The summed E-state index contributed by atoms with van der Waals surface area (Å²) in [7, 11) is -1.90. The van der Waals surface area contributed by atoms with E-state index < -0.39 is 22.6 Å². The van der Waals surface area contributed by atoms with Gasteiger partial charge in [-0.1, -0.05) is 12.1 Å². The van der Waals surface area contributed by atoms with Crippen LogP contribution in [0.1, 0.15) is 18.4 Å². The highest BCUT2D eigenvalue weighted by atomic mass is 32.2. The molecule has 1 heterocycles. The quantitative estimate of drug-likeness (QED) is 0.896. The molecular weight excluding hydrogens is 317 g/mol. The van der Waals surface area contributed by atoms with Crippen molar-refractivity contribution in [2.45, 2.75) is 36.4 Å². The van der Waals surface area contributed by atoms with Gasteiger partial charge >= 0.3 is 6.18 Å². The molecule has 124 valence electrons. The molecule has 1 saturated heterocycles. The molecule has 0 spiro atoms. The van der Waals surface area contributed by atoms with E-state index >= 15 is 0 Å². The molecule has 1 N–H and O–H groups in total. The van der Waals surface area contributed by atoms with Gasteiger partial charge in [-0.25, -0.2) is 8.42 Å². The number of hydrogen-bond donors (Lipinski definition) is 1. The fourth-order valence-electron chi connectivity index (χ4n) is 2.71. The van der Waals surface area contributed by atoms with Crippen molar-refractivity contribution in [3.63, 3.8) is 0 Å². The molecule has 1 fully saturated rings. The highest BCUT2D eigenvalue weighted by Crippen LogP contribution is 2.27. The maximum Gasteiger partial charge on any atom is 0.393 e. The Hall–Kier alpha value is -1.12. The first-order chi connectivity index (χ1) is 10.2. The third-order valence-corrected chi connectivity index (χ3v) is 5.66. The summed E-state index contributed by atoms with van der Waals surface area (Å²) in [5.74, 6) is 0. The van der Waals surface area contributed by atoms with Crippen LogP contribution >= 0.6 is 0 Å². The Balaban J connectivity index is 2.19. The fourth-order valence-corrected chi connectivity index (χ4v) is 4.40. The molecule has 1 aromatic carbocycles. The summed E-state index contributed by atoms with van der Waals surface area (Å²) in [6.45, 7) is 1.00. The van der Waals surface area contributed by atoms with Gasteiger partial charge in [-0.2, -0.15) is 17.5 Å². The lowest BCUT2D eigenvalue weighted by molar-refractivity contribution is -0.127. The number of halogens is 3. The number of benzene rings is 1. The van der Waals surface area contributed by atoms with Gasteiger partial charge in [0, 0.05) is 19.1 Å². The third-order valence-electron chi connectivity index (χ3n) is 3.70. The molecule has 0 radical (unpaired) electrons. The first-order valence-corrected chi connectivity index (χ1v) is 8.50. The first kappa shape index (κ1) is 17.2. The van der Waals surface area contributed by atoms with E-state index in [2.05, 4.69) is 5.32 Å². The Kier molecular flexibility index (Phi) is 5.14. The highest BCUT2D eigenvalue weighted by molar-refractivity contribution is 7.89. The second-order valence-corrected chi connectivity index (χ2v) is 7.30. The van der Waals surface area contributed by atoms with E-state index in [1.165, 1.54) is 28.6 Å². The van der Waals surface area contributed by atoms with E-state index in [0.29, 0.717) is 13.1 Å². The molecule has 1 aliphatic rings. The average Bonchev–Trinajstić information content (AvgIpc) is 2.87. The normalized spacial score (nSPS) is 20.5. The monoisotopic (exact) mass is 336 g/mol. The van der Waals surface area contributed by atoms with Crippen molar-refractivity contribution in [2.75, 3.05) is 20.1 Å². The molecule has 1 unspecified atom stereocenters. The highest BCUT2D eigenvalue weighted by Gasteiger charge is 2.35. The van der Waals surface area contributed by atoms with E-state index in [1.54, 1.807) is 7.05 Å². The van der Waals surface area contributed by atoms with Crippen molar-refractivity contribution in [1.82, 2.24) is 9.62 Å². The lowest BCUT2D eigenvalue weighted by atomic mass is 10.1. The second-order valence-electron chi connectivity index (χ2n) is 5.41. The van der Waals surface area contributed by atoms with Gasteiger partial charge in [0.05, 0.1) is 11.3 Å². The Morgan fingerprint density at radius 2 is 1.91 bits per heavy atom. The van der Waals surface area contributed by atoms with Crippen molar-refractivity contribution < 1.29 is 21.6 Å². The Morgan fingerprint density at radius 3 is 2.45 bits per heavy atom. The summed E-state index contributed by atoms with van der Waals surface area (Å²) in [5, 5.41) is 2.97. The van der Waals surface area contributed by atoms with Crippen molar-refractivity contribution >= 4 is 10.0 Å². The van der Waals surface area contributed by atoms with Crippen LogP contribution in [0.15, 0.2) is 29.2 Å². The largest absolute Gasteiger partial charge is 0.393 e. The zero-order valence-corrected chi connectivity index (χ0v) is 13.0. The number of nitrogens with one attached hydrogen (secondary N) is 1. The lowest BCUT2D eigenvalue weighted by Gasteiger charge is -2.24. The fraction of sp³-hybridized carbons (Fsp3) is 0.571. The number of alkyl halides is 3. The summed E-state index contributed by atoms with van der Waals surface area (Å²) in [6.07, 6.45) is -3.78. The molecule has 22 heavy (non-hydrogen) atoms. The molecule has 0 bridgehead atoms. The minimum atomic E-state index is -4.30. The van der Waals surface area contributed by atoms with Gasteiger partial charge in [-0.15, -0.1) is 0 Å². The van der Waals surface area contributed by atoms with Gasteiger partial charge in [0.2, 0.25) is 10.0 Å². The summed E-state index contributed by atoms with van der Waals surface area (Å²) in [6, 6.07) is 4.86. The van der Waals surface area contributed by atoms with Crippen LogP contribution in [0.5, 0.6) is 0 Å². The van der Waals surface area contributed by atoms with Crippen LogP contribution in [-0.4, -0.2) is 45.1 Å². The van der Waals surface area contributed by atoms with Gasteiger partial charge in [0.15, 0.2) is 0 Å². The van der Waals surface area contributed by atoms with E-state index in [9.17, 15) is 21.6 Å². The molecule has 1 aromatic rings. The SMILES string of the molecule is CNCC1CCCN1S(=O)(=O)c1ccc(CC(F)(F)F)cc1. The second kappa shape index (κ2) is 6.55. The minimum Gasteiger partial charge on any atom is -0.318 e. The molecule has 0 aromatic heterocycles. The molecule has 4 nitrogen and oxygen atoms in total. The van der Waals surface area contributed by atoms with Crippen molar-refractivity contribution in [3.8, 4) is 0 Å². The minimum absolute atomic E-state index is 0.0430. The van der Waals surface area contributed by atoms with Crippen molar-refractivity contribution in [1.29, 1.82) is 0 Å². The average molecular weight is 336 g/mol. The molecule has 1 atom stereocenters. The summed E-state index contributed by atoms with van der Waals surface area (Å²) in [5.41, 5.74) is 0.0552. The first-order valence-electron chi connectivity index (χ1n) is 7.06. The number of likely N-dealkylation sites (N-methyl/N-ethyl adjacent to an activating group) is 1. The van der Waals surface area contributed by atoms with Crippen LogP contribution in [0.25, 0.3) is 0 Å². The standard InChI is InChI=1S/C14H19F3N2O2S/c1-18-10-12-3-2-8-19(12)22(20,21)13-6-4-11(5-7-13)9-14(15,16)17/h4-7,12,18H,2-3,8-10H2,1H3. The Morgan fingerprint density at radius 1 is 1.27 bits per heavy atom. The lowest BCUT2D eigenvalue weighted by Crippen LogP contribution is -2.40. The van der Waals surface area contributed by atoms with Crippen LogP contribution in [0, 0.1) is 0 Å². The molecule has 0 amide bonds. The van der Waals surface area contributed by atoms with Gasteiger partial charge in [0.25, 0.3) is 0 Å². The van der Waals surface area contributed by atoms with Crippen LogP contribution in [0.4, 0.5) is 13.2 Å². The van der Waals surface area contributed by atoms with Gasteiger partial charge in [0.1, 0.15) is 0 Å².